The smallest absolute Gasteiger partial charge is 0 e. The predicted octanol–water partition coefficient (Wildman–Crippen LogP) is -1.12. The molecule has 4 heteroatoms. The van der Waals surface area contributed by atoms with Gasteiger partial charge in [0.15, 0.2) is 0 Å². The van der Waals surface area contributed by atoms with Crippen molar-refractivity contribution < 1.29 is 44.9 Å². The third kappa shape index (κ3) is 11.2. The Balaban J connectivity index is 0. The maximum absolute atomic E-state index is 7.09. The molecule has 0 spiro atoms. The topological polar surface area (TPSA) is 40.5 Å². The SMILES string of the molecule is [OH][Co][OH].[Pt]. The maximum Gasteiger partial charge on any atom is 0 e. The molecular formula is H2CoO2Pt. The van der Waals surface area contributed by atoms with Crippen molar-refractivity contribution in [2.75, 3.05) is 0 Å². The van der Waals surface area contributed by atoms with E-state index in [1.165, 1.54) is 0 Å². The zero-order chi connectivity index (χ0) is 2.71. The fourth-order valence-electron chi connectivity index (χ4n) is 0. The summed E-state index contributed by atoms with van der Waals surface area (Å²) >= 11 is -0.562. The van der Waals surface area contributed by atoms with Crippen LogP contribution in [0.1, 0.15) is 0 Å². The van der Waals surface area contributed by atoms with Crippen molar-refractivity contribution in [3.63, 3.8) is 0 Å². The van der Waals surface area contributed by atoms with E-state index in [0.717, 1.165) is 0 Å². The van der Waals surface area contributed by atoms with E-state index < -0.39 is 15.3 Å². The van der Waals surface area contributed by atoms with Gasteiger partial charge in [0.05, 0.1) is 0 Å². The molecule has 0 aromatic heterocycles. The Labute approximate surface area is 45.1 Å². The molecule has 0 radical (unpaired) electrons. The Morgan fingerprint density at radius 3 is 1.25 bits per heavy atom. The summed E-state index contributed by atoms with van der Waals surface area (Å²) in [5.41, 5.74) is 0. The van der Waals surface area contributed by atoms with E-state index in [1.54, 1.807) is 0 Å². The van der Waals surface area contributed by atoms with Crippen molar-refractivity contribution >= 4 is 0 Å². The van der Waals surface area contributed by atoms with E-state index in [9.17, 15) is 0 Å². The van der Waals surface area contributed by atoms with Crippen LogP contribution in [0.5, 0.6) is 0 Å². The normalized spacial score (nSPS) is 5.50. The van der Waals surface area contributed by atoms with Crippen LogP contribution in [0.25, 0.3) is 0 Å². The van der Waals surface area contributed by atoms with Gasteiger partial charge in [0.2, 0.25) is 0 Å². The van der Waals surface area contributed by atoms with Crippen molar-refractivity contribution in [1.29, 1.82) is 0 Å². The van der Waals surface area contributed by atoms with E-state index in [2.05, 4.69) is 0 Å². The molecule has 0 aliphatic carbocycles. The molecule has 0 saturated heterocycles. The second-order valence-corrected chi connectivity index (χ2v) is 0.275. The number of rotatable bonds is 0. The largest absolute Gasteiger partial charge is 0 e. The summed E-state index contributed by atoms with van der Waals surface area (Å²) in [6, 6.07) is 0. The standard InChI is InChI=1S/Co.2H2O.Pt/h;2*1H2;/q+2;;;/p-2. The summed E-state index contributed by atoms with van der Waals surface area (Å²) in [6.07, 6.45) is 0. The van der Waals surface area contributed by atoms with Gasteiger partial charge in [0.25, 0.3) is 0 Å². The molecule has 0 aliphatic heterocycles. The van der Waals surface area contributed by atoms with Gasteiger partial charge in [-0.25, -0.2) is 0 Å². The fraction of sp³-hybridized carbons (Fsp3) is 0. The zero-order valence-electron chi connectivity index (χ0n) is 1.54. The molecule has 0 heterocycles. The van der Waals surface area contributed by atoms with Crippen LogP contribution >= 0.6 is 0 Å². The first-order valence-corrected chi connectivity index (χ1v) is 1.23. The molecule has 0 unspecified atom stereocenters. The molecule has 2 nitrogen and oxygen atoms in total. The van der Waals surface area contributed by atoms with E-state index in [0.29, 0.717) is 0 Å². The van der Waals surface area contributed by atoms with Gasteiger partial charge in [-0.3, -0.25) is 0 Å². The minimum atomic E-state index is -0.562. The van der Waals surface area contributed by atoms with Gasteiger partial charge in [-0.15, -0.1) is 0 Å². The Bertz CT molecular complexity index is 6.00. The summed E-state index contributed by atoms with van der Waals surface area (Å²) < 4.78 is 14.2. The van der Waals surface area contributed by atoms with Gasteiger partial charge in [-0.05, 0) is 0 Å². The van der Waals surface area contributed by atoms with Gasteiger partial charge >= 0.3 is 23.8 Å². The van der Waals surface area contributed by atoms with Crippen molar-refractivity contribution in [3.8, 4) is 0 Å². The van der Waals surface area contributed by atoms with Crippen LogP contribution in [0.3, 0.4) is 0 Å². The van der Waals surface area contributed by atoms with Crippen molar-refractivity contribution in [2.24, 2.45) is 0 Å². The molecule has 2 N–H and O–H groups in total. The first kappa shape index (κ1) is 8.93. The second-order valence-electron chi connectivity index (χ2n) is 0.0667. The monoisotopic (exact) mass is 288 g/mol. The molecular weight excluding hydrogens is 286 g/mol. The molecule has 0 amide bonds. The summed E-state index contributed by atoms with van der Waals surface area (Å²) in [5, 5.41) is 0. The maximum atomic E-state index is 7.09. The van der Waals surface area contributed by atoms with Crippen molar-refractivity contribution in [2.45, 2.75) is 0 Å². The third-order valence-electron chi connectivity index (χ3n) is 0. The zero-order valence-corrected chi connectivity index (χ0v) is 4.86. The molecule has 0 saturated carbocycles. The molecule has 0 aromatic rings. The number of hydrogen-bond acceptors (Lipinski definition) is 2. The summed E-state index contributed by atoms with van der Waals surface area (Å²) in [4.78, 5) is 0. The summed E-state index contributed by atoms with van der Waals surface area (Å²) in [7, 11) is 0. The quantitative estimate of drug-likeness (QED) is 0.593. The van der Waals surface area contributed by atoms with Crippen LogP contribution in [0, 0.1) is 0 Å². The van der Waals surface area contributed by atoms with Gasteiger partial charge in [-0.2, -0.15) is 0 Å². The molecule has 0 rings (SSSR count). The molecule has 0 atom stereocenters. The first-order chi connectivity index (χ1) is 1.41. The molecule has 0 aromatic carbocycles. The van der Waals surface area contributed by atoms with Crippen LogP contribution in [0.2, 0.25) is 0 Å². The third-order valence-corrected chi connectivity index (χ3v) is 0. The minimum absolute atomic E-state index is 0. The minimum Gasteiger partial charge on any atom is 0 e. The van der Waals surface area contributed by atoms with Crippen LogP contribution in [0.4, 0.5) is 0 Å². The van der Waals surface area contributed by atoms with Gasteiger partial charge in [0.1, 0.15) is 0 Å². The molecule has 0 fully saturated rings. The molecule has 4 heavy (non-hydrogen) atoms. The fourth-order valence-corrected chi connectivity index (χ4v) is 0. The molecule has 33 valence electrons. The summed E-state index contributed by atoms with van der Waals surface area (Å²) in [6.45, 7) is 0. The molecule has 0 bridgehead atoms. The average Bonchev–Trinajstić information content (AvgIpc) is 0.918. The van der Waals surface area contributed by atoms with Crippen LogP contribution in [0.15, 0.2) is 0 Å². The van der Waals surface area contributed by atoms with E-state index in [-0.39, 0.29) is 21.1 Å². The van der Waals surface area contributed by atoms with Crippen LogP contribution in [-0.4, -0.2) is 8.44 Å². The van der Waals surface area contributed by atoms with Gasteiger partial charge in [-0.1, -0.05) is 0 Å². The number of hydrogen-bond donors (Lipinski definition) is 2. The predicted molar refractivity (Wildman–Crippen MR) is 4.44 cm³/mol. The van der Waals surface area contributed by atoms with Crippen LogP contribution in [-0.2, 0) is 36.4 Å². The Morgan fingerprint density at radius 1 is 1.25 bits per heavy atom. The van der Waals surface area contributed by atoms with Gasteiger partial charge in [0, 0.05) is 21.1 Å². The first-order valence-electron chi connectivity index (χ1n) is 0.298. The van der Waals surface area contributed by atoms with E-state index in [1.807, 2.05) is 0 Å². The average molecular weight is 288 g/mol. The van der Waals surface area contributed by atoms with Crippen molar-refractivity contribution in [3.05, 3.63) is 0 Å². The van der Waals surface area contributed by atoms with E-state index in [4.69, 9.17) is 8.44 Å². The Morgan fingerprint density at radius 2 is 1.25 bits per heavy atom. The second kappa shape index (κ2) is 8.93. The summed E-state index contributed by atoms with van der Waals surface area (Å²) in [5.74, 6) is 0. The molecule has 0 aliphatic rings. The van der Waals surface area contributed by atoms with Crippen LogP contribution < -0.4 is 0 Å². The Hall–Kier alpha value is 1.11. The van der Waals surface area contributed by atoms with Gasteiger partial charge < -0.3 is 0 Å². The van der Waals surface area contributed by atoms with E-state index >= 15 is 0 Å². The van der Waals surface area contributed by atoms with Crippen molar-refractivity contribution in [1.82, 2.24) is 0 Å². The Kier molecular flexibility index (Phi) is 19.9.